The Kier molecular flexibility index (Phi) is 9.01. The van der Waals surface area contributed by atoms with E-state index in [1.165, 1.54) is 0 Å². The molecule has 1 aromatic carbocycles. The monoisotopic (exact) mass is 297 g/mol. The second-order valence-corrected chi connectivity index (χ2v) is 4.42. The number of hydrogen-bond acceptors (Lipinski definition) is 5. The third-order valence-corrected chi connectivity index (χ3v) is 3.04. The van der Waals surface area contributed by atoms with Crippen molar-refractivity contribution >= 4 is 0 Å². The van der Waals surface area contributed by atoms with Crippen LogP contribution in [-0.4, -0.2) is 46.9 Å². The highest BCUT2D eigenvalue weighted by atomic mass is 16.7. The van der Waals surface area contributed by atoms with Crippen LogP contribution in [0, 0.1) is 0 Å². The molecule has 0 aliphatic rings. The molecule has 0 spiro atoms. The number of rotatable bonds is 11. The van der Waals surface area contributed by atoms with Gasteiger partial charge in [-0.1, -0.05) is 18.2 Å². The van der Waals surface area contributed by atoms with Crippen molar-refractivity contribution < 1.29 is 18.9 Å². The smallest absolute Gasteiger partial charge is 0.176 e. The van der Waals surface area contributed by atoms with Crippen molar-refractivity contribution in [3.63, 3.8) is 0 Å². The topological polar surface area (TPSA) is 49.0 Å². The first-order valence-electron chi connectivity index (χ1n) is 7.39. The van der Waals surface area contributed by atoms with Gasteiger partial charge in [0.2, 0.25) is 0 Å². The van der Waals surface area contributed by atoms with Crippen LogP contribution in [0.5, 0.6) is 5.75 Å². The average Bonchev–Trinajstić information content (AvgIpc) is 2.50. The number of nitrogens with one attached hydrogen (secondary N) is 1. The van der Waals surface area contributed by atoms with Gasteiger partial charge in [-0.2, -0.15) is 0 Å². The van der Waals surface area contributed by atoms with Crippen molar-refractivity contribution in [3.8, 4) is 5.75 Å². The molecule has 21 heavy (non-hydrogen) atoms. The molecular weight excluding hydrogens is 270 g/mol. The van der Waals surface area contributed by atoms with Crippen molar-refractivity contribution in [1.82, 2.24) is 5.32 Å². The highest BCUT2D eigenvalue weighted by molar-refractivity contribution is 5.36. The molecule has 0 radical (unpaired) electrons. The summed E-state index contributed by atoms with van der Waals surface area (Å²) in [5.41, 5.74) is 1.02. The van der Waals surface area contributed by atoms with E-state index in [1.54, 1.807) is 7.11 Å². The van der Waals surface area contributed by atoms with Gasteiger partial charge in [0.25, 0.3) is 0 Å². The normalized spacial score (nSPS) is 12.6. The maximum atomic E-state index is 5.79. The number of ether oxygens (including phenoxy) is 4. The summed E-state index contributed by atoms with van der Waals surface area (Å²) in [5, 5.41) is 3.26. The van der Waals surface area contributed by atoms with Gasteiger partial charge in [-0.05, 0) is 27.0 Å². The van der Waals surface area contributed by atoms with Crippen molar-refractivity contribution in [2.45, 2.75) is 26.2 Å². The Morgan fingerprint density at radius 3 is 2.29 bits per heavy atom. The van der Waals surface area contributed by atoms with Crippen LogP contribution in [0.4, 0.5) is 0 Å². The molecule has 0 bridgehead atoms. The second-order valence-electron chi connectivity index (χ2n) is 4.42. The molecule has 1 N–H and O–H groups in total. The maximum absolute atomic E-state index is 5.79. The minimum absolute atomic E-state index is 0.0938. The van der Waals surface area contributed by atoms with Crippen molar-refractivity contribution in [2.24, 2.45) is 0 Å². The first-order chi connectivity index (χ1) is 10.3. The van der Waals surface area contributed by atoms with Gasteiger partial charge in [-0.25, -0.2) is 0 Å². The fourth-order valence-electron chi connectivity index (χ4n) is 2.11. The Morgan fingerprint density at radius 1 is 1.05 bits per heavy atom. The Morgan fingerprint density at radius 2 is 1.71 bits per heavy atom. The van der Waals surface area contributed by atoms with Crippen LogP contribution in [0.25, 0.3) is 0 Å². The number of likely N-dealkylation sites (N-methyl/N-ethyl adjacent to an activating group) is 1. The molecule has 0 aliphatic heterocycles. The molecule has 1 rings (SSSR count). The Bertz CT molecular complexity index is 380. The van der Waals surface area contributed by atoms with Crippen molar-refractivity contribution in [3.05, 3.63) is 29.8 Å². The van der Waals surface area contributed by atoms with E-state index < -0.39 is 0 Å². The van der Waals surface area contributed by atoms with E-state index in [9.17, 15) is 0 Å². The quantitative estimate of drug-likeness (QED) is 0.502. The zero-order valence-corrected chi connectivity index (χ0v) is 13.4. The van der Waals surface area contributed by atoms with Crippen LogP contribution < -0.4 is 10.1 Å². The number of para-hydroxylation sites is 1. The van der Waals surface area contributed by atoms with Gasteiger partial charge in [0.05, 0.1) is 12.6 Å². The lowest BCUT2D eigenvalue weighted by molar-refractivity contribution is -0.154. The molecule has 0 saturated carbocycles. The minimum atomic E-state index is -0.350. The number of benzene rings is 1. The summed E-state index contributed by atoms with van der Waals surface area (Å²) in [6, 6.07) is 7.81. The van der Waals surface area contributed by atoms with Crippen LogP contribution in [-0.2, 0) is 14.2 Å². The minimum Gasteiger partial charge on any atom is -0.491 e. The first kappa shape index (κ1) is 17.9. The van der Waals surface area contributed by atoms with E-state index in [0.717, 1.165) is 11.3 Å². The highest BCUT2D eigenvalue weighted by Crippen LogP contribution is 2.29. The predicted molar refractivity (Wildman–Crippen MR) is 82.7 cm³/mol. The zero-order chi connectivity index (χ0) is 15.5. The van der Waals surface area contributed by atoms with Crippen LogP contribution in [0.2, 0.25) is 0 Å². The van der Waals surface area contributed by atoms with Gasteiger partial charge < -0.3 is 24.3 Å². The largest absolute Gasteiger partial charge is 0.491 e. The van der Waals surface area contributed by atoms with Gasteiger partial charge in [-0.3, -0.25) is 0 Å². The van der Waals surface area contributed by atoms with E-state index in [2.05, 4.69) is 5.32 Å². The fourth-order valence-corrected chi connectivity index (χ4v) is 2.11. The molecule has 5 nitrogen and oxygen atoms in total. The molecule has 0 aliphatic carbocycles. The third-order valence-electron chi connectivity index (χ3n) is 3.04. The highest BCUT2D eigenvalue weighted by Gasteiger charge is 2.25. The summed E-state index contributed by atoms with van der Waals surface area (Å²) < 4.78 is 22.2. The summed E-state index contributed by atoms with van der Waals surface area (Å²) in [7, 11) is 3.55. The van der Waals surface area contributed by atoms with E-state index >= 15 is 0 Å². The first-order valence-corrected chi connectivity index (χ1v) is 7.39. The van der Waals surface area contributed by atoms with Gasteiger partial charge >= 0.3 is 0 Å². The van der Waals surface area contributed by atoms with E-state index in [1.807, 2.05) is 45.2 Å². The Hall–Kier alpha value is -1.14. The van der Waals surface area contributed by atoms with E-state index in [-0.39, 0.29) is 12.3 Å². The van der Waals surface area contributed by atoms with Gasteiger partial charge in [-0.15, -0.1) is 0 Å². The van der Waals surface area contributed by atoms with Gasteiger partial charge in [0, 0.05) is 25.9 Å². The Balaban J connectivity index is 2.91. The van der Waals surface area contributed by atoms with Crippen LogP contribution >= 0.6 is 0 Å². The van der Waals surface area contributed by atoms with Crippen LogP contribution in [0.3, 0.4) is 0 Å². The number of hydrogen-bond donors (Lipinski definition) is 1. The molecule has 0 heterocycles. The summed E-state index contributed by atoms with van der Waals surface area (Å²) in [5.74, 6) is 0.818. The lowest BCUT2D eigenvalue weighted by Crippen LogP contribution is -2.34. The van der Waals surface area contributed by atoms with E-state index in [4.69, 9.17) is 18.9 Å². The summed E-state index contributed by atoms with van der Waals surface area (Å²) in [4.78, 5) is 0. The van der Waals surface area contributed by atoms with Crippen LogP contribution in [0.15, 0.2) is 24.3 Å². The molecule has 1 unspecified atom stereocenters. The molecule has 5 heteroatoms. The molecule has 0 amide bonds. The number of methoxy groups -OCH3 is 1. The van der Waals surface area contributed by atoms with Crippen LogP contribution in [0.1, 0.15) is 25.5 Å². The molecular formula is C16H27NO4. The molecule has 0 saturated heterocycles. The fraction of sp³-hybridized carbons (Fsp3) is 0.625. The SMILES string of the molecule is CCOC(OCC)C(NC)c1ccccc1OCCOC. The maximum Gasteiger partial charge on any atom is 0.176 e. The summed E-state index contributed by atoms with van der Waals surface area (Å²) >= 11 is 0. The van der Waals surface area contributed by atoms with Gasteiger partial charge in [0.15, 0.2) is 6.29 Å². The molecule has 0 fully saturated rings. The molecule has 0 aromatic heterocycles. The zero-order valence-electron chi connectivity index (χ0n) is 13.4. The van der Waals surface area contributed by atoms with E-state index in [0.29, 0.717) is 26.4 Å². The van der Waals surface area contributed by atoms with Gasteiger partial charge in [0.1, 0.15) is 12.4 Å². The Labute approximate surface area is 127 Å². The molecule has 1 aromatic rings. The summed E-state index contributed by atoms with van der Waals surface area (Å²) in [6.07, 6.45) is -0.350. The average molecular weight is 297 g/mol. The lowest BCUT2D eigenvalue weighted by Gasteiger charge is -2.28. The molecule has 120 valence electrons. The molecule has 1 atom stereocenters. The summed E-state index contributed by atoms with van der Waals surface area (Å²) in [6.45, 7) is 6.17. The third kappa shape index (κ3) is 5.63. The second kappa shape index (κ2) is 10.6. The standard InChI is InChI=1S/C16H27NO4/c1-5-19-16(20-6-2)15(17-3)13-9-7-8-10-14(13)21-12-11-18-4/h7-10,15-17H,5-6,11-12H2,1-4H3. The van der Waals surface area contributed by atoms with Crippen molar-refractivity contribution in [2.75, 3.05) is 40.6 Å². The lowest BCUT2D eigenvalue weighted by atomic mass is 10.1. The van der Waals surface area contributed by atoms with Crippen molar-refractivity contribution in [1.29, 1.82) is 0 Å². The predicted octanol–water partition coefficient (Wildman–Crippen LogP) is 2.37.